The molecule has 0 heterocycles. The molecular formula is C20H30N2O4. The van der Waals surface area contributed by atoms with Gasteiger partial charge >= 0.3 is 6.09 Å². The Kier molecular flexibility index (Phi) is 7.94. The number of hydrogen-bond donors (Lipinski definition) is 4. The van der Waals surface area contributed by atoms with Gasteiger partial charge in [-0.3, -0.25) is 0 Å². The summed E-state index contributed by atoms with van der Waals surface area (Å²) in [4.78, 5) is 12.0. The van der Waals surface area contributed by atoms with Gasteiger partial charge < -0.3 is 20.4 Å². The first-order chi connectivity index (χ1) is 12.5. The van der Waals surface area contributed by atoms with Crippen molar-refractivity contribution in [1.29, 1.82) is 0 Å². The van der Waals surface area contributed by atoms with Crippen LogP contribution >= 0.6 is 0 Å². The zero-order valence-corrected chi connectivity index (χ0v) is 15.7. The van der Waals surface area contributed by atoms with Crippen molar-refractivity contribution in [2.24, 2.45) is 0 Å². The number of hydrogen-bond acceptors (Lipinski definition) is 5. The number of unbranched alkanes of at least 4 members (excludes halogenated alkanes) is 2. The highest BCUT2D eigenvalue weighted by Gasteiger charge is 2.23. The van der Waals surface area contributed by atoms with Crippen LogP contribution in [0.2, 0.25) is 0 Å². The Labute approximate surface area is 155 Å². The molecule has 1 aliphatic carbocycles. The molecule has 1 atom stereocenters. The third-order valence-corrected chi connectivity index (χ3v) is 4.71. The number of allylic oxidation sites excluding steroid dienone is 2. The smallest absolute Gasteiger partial charge is 0.413 e. The van der Waals surface area contributed by atoms with Crippen LogP contribution in [0.3, 0.4) is 0 Å². The highest BCUT2D eigenvalue weighted by molar-refractivity contribution is 5.71. The number of benzene rings is 1. The average molecular weight is 362 g/mol. The molecule has 1 aromatic rings. The molecule has 1 unspecified atom stereocenters. The Morgan fingerprint density at radius 2 is 2.15 bits per heavy atom. The molecule has 0 saturated heterocycles. The molecule has 1 aromatic carbocycles. The van der Waals surface area contributed by atoms with E-state index in [1.807, 2.05) is 11.5 Å². The molecule has 1 aliphatic rings. The number of phenolic OH excluding ortho intramolecular Hbond substituents is 1. The van der Waals surface area contributed by atoms with Crippen LogP contribution < -0.4 is 15.5 Å². The van der Waals surface area contributed by atoms with E-state index < -0.39 is 6.09 Å². The molecule has 6 heteroatoms. The molecular weight excluding hydrogens is 332 g/mol. The molecule has 0 aromatic heterocycles. The van der Waals surface area contributed by atoms with E-state index in [2.05, 4.69) is 25.2 Å². The molecule has 1 amide bonds. The van der Waals surface area contributed by atoms with Gasteiger partial charge in [0.15, 0.2) is 0 Å². The Bertz CT molecular complexity index is 643. The van der Waals surface area contributed by atoms with Crippen LogP contribution in [0.5, 0.6) is 11.5 Å². The van der Waals surface area contributed by atoms with Crippen molar-refractivity contribution in [3.05, 3.63) is 34.9 Å². The Morgan fingerprint density at radius 1 is 1.35 bits per heavy atom. The van der Waals surface area contributed by atoms with Crippen molar-refractivity contribution in [2.75, 3.05) is 6.67 Å². The molecule has 4 N–H and O–H groups in total. The van der Waals surface area contributed by atoms with Gasteiger partial charge in [0.25, 0.3) is 0 Å². The minimum atomic E-state index is -0.672. The third-order valence-electron chi connectivity index (χ3n) is 4.71. The SMILES string of the molecule is CCCCCc1cc(O)c(C2C=C(C)CCC2)c(OC(=O)NCNO)c1. The van der Waals surface area contributed by atoms with E-state index in [1.165, 1.54) is 5.57 Å². The second kappa shape index (κ2) is 10.2. The summed E-state index contributed by atoms with van der Waals surface area (Å²) in [5.74, 6) is 0.605. The predicted octanol–water partition coefficient (Wildman–Crippen LogP) is 4.36. The molecule has 2 rings (SSSR count). The van der Waals surface area contributed by atoms with Gasteiger partial charge in [-0.15, -0.1) is 0 Å². The van der Waals surface area contributed by atoms with E-state index in [0.29, 0.717) is 11.3 Å². The Hall–Kier alpha value is -2.05. The highest BCUT2D eigenvalue weighted by atomic mass is 16.6. The first-order valence-electron chi connectivity index (χ1n) is 9.40. The summed E-state index contributed by atoms with van der Waals surface area (Å²) in [5, 5.41) is 21.7. The van der Waals surface area contributed by atoms with E-state index in [9.17, 15) is 9.90 Å². The van der Waals surface area contributed by atoms with Crippen molar-refractivity contribution >= 4 is 6.09 Å². The number of phenols is 1. The summed E-state index contributed by atoms with van der Waals surface area (Å²) >= 11 is 0. The molecule has 0 spiro atoms. The Morgan fingerprint density at radius 3 is 2.85 bits per heavy atom. The minimum Gasteiger partial charge on any atom is -0.507 e. The van der Waals surface area contributed by atoms with Gasteiger partial charge in [-0.2, -0.15) is 5.48 Å². The van der Waals surface area contributed by atoms with Crippen LogP contribution in [0, 0.1) is 0 Å². The van der Waals surface area contributed by atoms with E-state index in [-0.39, 0.29) is 18.3 Å². The molecule has 0 saturated carbocycles. The summed E-state index contributed by atoms with van der Waals surface area (Å²) < 4.78 is 5.47. The topological polar surface area (TPSA) is 90.8 Å². The van der Waals surface area contributed by atoms with E-state index >= 15 is 0 Å². The lowest BCUT2D eigenvalue weighted by Gasteiger charge is -2.23. The summed E-state index contributed by atoms with van der Waals surface area (Å²) in [5.41, 5.74) is 4.76. The molecule has 0 radical (unpaired) electrons. The summed E-state index contributed by atoms with van der Waals surface area (Å²) in [6.07, 6.45) is 8.59. The largest absolute Gasteiger partial charge is 0.507 e. The second-order valence-electron chi connectivity index (χ2n) is 6.90. The lowest BCUT2D eigenvalue weighted by molar-refractivity contribution is 0.149. The summed E-state index contributed by atoms with van der Waals surface area (Å²) in [6, 6.07) is 3.65. The monoisotopic (exact) mass is 362 g/mol. The van der Waals surface area contributed by atoms with E-state index in [0.717, 1.165) is 50.5 Å². The van der Waals surface area contributed by atoms with Crippen LogP contribution in [0.1, 0.15) is 69.4 Å². The third kappa shape index (κ3) is 5.75. The van der Waals surface area contributed by atoms with Crippen LogP contribution in [0.4, 0.5) is 4.79 Å². The number of amides is 1. The fourth-order valence-corrected chi connectivity index (χ4v) is 3.43. The minimum absolute atomic E-state index is 0.0345. The second-order valence-corrected chi connectivity index (χ2v) is 6.90. The van der Waals surface area contributed by atoms with Crippen molar-refractivity contribution in [2.45, 2.75) is 64.7 Å². The zero-order valence-electron chi connectivity index (χ0n) is 15.7. The number of aromatic hydroxyl groups is 1. The number of hydroxylamine groups is 1. The number of rotatable bonds is 8. The number of aryl methyl sites for hydroxylation is 1. The molecule has 0 aliphatic heterocycles. The molecule has 26 heavy (non-hydrogen) atoms. The van der Waals surface area contributed by atoms with Crippen molar-refractivity contribution in [3.63, 3.8) is 0 Å². The van der Waals surface area contributed by atoms with Crippen molar-refractivity contribution < 1.29 is 19.8 Å². The number of carbonyl (C=O) groups is 1. The van der Waals surface area contributed by atoms with Gasteiger partial charge in [-0.1, -0.05) is 31.4 Å². The van der Waals surface area contributed by atoms with E-state index in [4.69, 9.17) is 9.94 Å². The molecule has 0 fully saturated rings. The van der Waals surface area contributed by atoms with Crippen LogP contribution in [-0.4, -0.2) is 23.1 Å². The van der Waals surface area contributed by atoms with Crippen molar-refractivity contribution in [3.8, 4) is 11.5 Å². The molecule has 144 valence electrons. The first kappa shape index (κ1) is 20.3. The van der Waals surface area contributed by atoms with Crippen LogP contribution in [0.25, 0.3) is 0 Å². The van der Waals surface area contributed by atoms with E-state index in [1.54, 1.807) is 6.07 Å². The van der Waals surface area contributed by atoms with Gasteiger partial charge in [-0.05, 0) is 56.7 Å². The van der Waals surface area contributed by atoms with Crippen LogP contribution in [-0.2, 0) is 6.42 Å². The average Bonchev–Trinajstić information content (AvgIpc) is 2.60. The summed E-state index contributed by atoms with van der Waals surface area (Å²) in [6.45, 7) is 4.12. The van der Waals surface area contributed by atoms with Gasteiger partial charge in [0.1, 0.15) is 11.5 Å². The lowest BCUT2D eigenvalue weighted by atomic mass is 9.84. The molecule has 0 bridgehead atoms. The number of ether oxygens (including phenoxy) is 1. The zero-order chi connectivity index (χ0) is 18.9. The lowest BCUT2D eigenvalue weighted by Crippen LogP contribution is -2.34. The maximum absolute atomic E-state index is 12.0. The van der Waals surface area contributed by atoms with Crippen LogP contribution in [0.15, 0.2) is 23.8 Å². The maximum Gasteiger partial charge on any atom is 0.413 e. The molecule has 6 nitrogen and oxygen atoms in total. The normalized spacial score (nSPS) is 16.9. The Balaban J connectivity index is 2.31. The fraction of sp³-hybridized carbons (Fsp3) is 0.550. The predicted molar refractivity (Wildman–Crippen MR) is 101 cm³/mol. The summed E-state index contributed by atoms with van der Waals surface area (Å²) in [7, 11) is 0. The maximum atomic E-state index is 12.0. The number of nitrogens with one attached hydrogen (secondary N) is 2. The van der Waals surface area contributed by atoms with Gasteiger partial charge in [0.2, 0.25) is 0 Å². The fourth-order valence-electron chi connectivity index (χ4n) is 3.43. The standard InChI is InChI=1S/C20H30N2O4/c1-3-4-5-8-15-11-17(23)19(16-9-6-7-14(2)10-16)18(12-15)26-20(24)21-13-22-25/h10-12,16,22-23,25H,3-9,13H2,1-2H3,(H,21,24). The quantitative estimate of drug-likeness (QED) is 0.239. The van der Waals surface area contributed by atoms with Gasteiger partial charge in [-0.25, -0.2) is 4.79 Å². The van der Waals surface area contributed by atoms with Gasteiger partial charge in [0, 0.05) is 11.5 Å². The first-order valence-corrected chi connectivity index (χ1v) is 9.40. The highest BCUT2D eigenvalue weighted by Crippen LogP contribution is 2.42. The van der Waals surface area contributed by atoms with Crippen molar-refractivity contribution in [1.82, 2.24) is 10.8 Å². The van der Waals surface area contributed by atoms with Gasteiger partial charge in [0.05, 0.1) is 6.67 Å². The number of carbonyl (C=O) groups excluding carboxylic acids is 1.